The molecule has 1 aliphatic rings. The molecule has 2 N–H and O–H groups in total. The Balaban J connectivity index is 1.64. The molecule has 0 fully saturated rings. The maximum absolute atomic E-state index is 13.4. The Morgan fingerprint density at radius 1 is 1.32 bits per heavy atom. The van der Waals surface area contributed by atoms with Crippen LogP contribution in [-0.4, -0.2) is 39.2 Å². The van der Waals surface area contributed by atoms with Gasteiger partial charge in [0.05, 0.1) is 16.4 Å². The first-order chi connectivity index (χ1) is 16.2. The number of amides is 1. The van der Waals surface area contributed by atoms with Crippen LogP contribution in [0, 0.1) is 12.8 Å². The van der Waals surface area contributed by atoms with Crippen molar-refractivity contribution in [3.8, 4) is 5.82 Å². The predicted octanol–water partition coefficient (Wildman–Crippen LogP) is 5.59. The standard InChI is InChI=1S/C23H23BrCl2N6O2/c1-12(2)11-28-20-9-17(31-34-20)15-8-14(25)7-13(3)21(15)29-23(33)18-10-19(24)30-32(18)22-16(26)5-4-6-27-22/h4-8,10,12,20,28H,9,11H2,1-3H3,(H,29,33). The minimum Gasteiger partial charge on any atom is -0.376 e. The Morgan fingerprint density at radius 2 is 2.12 bits per heavy atom. The molecule has 4 rings (SSSR count). The average Bonchev–Trinajstić information content (AvgIpc) is 3.41. The molecule has 0 saturated heterocycles. The molecule has 8 nitrogen and oxygen atoms in total. The maximum atomic E-state index is 13.4. The summed E-state index contributed by atoms with van der Waals surface area (Å²) in [5.74, 6) is 0.439. The van der Waals surface area contributed by atoms with Crippen molar-refractivity contribution < 1.29 is 9.63 Å². The van der Waals surface area contributed by atoms with Gasteiger partial charge >= 0.3 is 0 Å². The lowest BCUT2D eigenvalue weighted by molar-refractivity contribution is 0.0578. The number of nitrogens with zero attached hydrogens (tertiary/aromatic N) is 4. The number of nitrogens with one attached hydrogen (secondary N) is 2. The van der Waals surface area contributed by atoms with E-state index in [2.05, 4.69) is 55.6 Å². The Morgan fingerprint density at radius 3 is 2.85 bits per heavy atom. The van der Waals surface area contributed by atoms with E-state index in [1.54, 1.807) is 36.5 Å². The van der Waals surface area contributed by atoms with Crippen molar-refractivity contribution in [1.29, 1.82) is 0 Å². The summed E-state index contributed by atoms with van der Waals surface area (Å²) in [4.78, 5) is 23.2. The topological polar surface area (TPSA) is 93.4 Å². The average molecular weight is 566 g/mol. The van der Waals surface area contributed by atoms with E-state index in [1.807, 2.05) is 6.92 Å². The second-order valence-corrected chi connectivity index (χ2v) is 9.97. The van der Waals surface area contributed by atoms with E-state index in [1.165, 1.54) is 4.68 Å². The molecule has 0 bridgehead atoms. The number of aromatic nitrogens is 3. The third kappa shape index (κ3) is 5.43. The maximum Gasteiger partial charge on any atom is 0.274 e. The second-order valence-electron chi connectivity index (χ2n) is 8.31. The third-order valence-corrected chi connectivity index (χ3v) is 6.02. The summed E-state index contributed by atoms with van der Waals surface area (Å²) in [6.07, 6.45) is 1.90. The lowest BCUT2D eigenvalue weighted by atomic mass is 10.0. The molecule has 1 amide bonds. The first-order valence-corrected chi connectivity index (χ1v) is 12.2. The summed E-state index contributed by atoms with van der Waals surface area (Å²) in [5, 5.41) is 15.8. The molecule has 34 heavy (non-hydrogen) atoms. The van der Waals surface area contributed by atoms with Crippen molar-refractivity contribution in [2.75, 3.05) is 11.9 Å². The molecular formula is C23H23BrCl2N6O2. The Labute approximate surface area is 215 Å². The zero-order valence-electron chi connectivity index (χ0n) is 18.8. The van der Waals surface area contributed by atoms with E-state index in [4.69, 9.17) is 28.0 Å². The lowest BCUT2D eigenvalue weighted by Gasteiger charge is -2.16. The first-order valence-electron chi connectivity index (χ1n) is 10.7. The fourth-order valence-corrected chi connectivity index (χ4v) is 4.39. The van der Waals surface area contributed by atoms with E-state index >= 15 is 0 Å². The number of hydrogen-bond donors (Lipinski definition) is 2. The van der Waals surface area contributed by atoms with Crippen LogP contribution in [0.2, 0.25) is 10.0 Å². The summed E-state index contributed by atoms with van der Waals surface area (Å²) >= 11 is 16.0. The van der Waals surface area contributed by atoms with Crippen molar-refractivity contribution in [3.63, 3.8) is 0 Å². The van der Waals surface area contributed by atoms with Gasteiger partial charge in [-0.15, -0.1) is 0 Å². The fourth-order valence-electron chi connectivity index (χ4n) is 3.54. The van der Waals surface area contributed by atoms with Gasteiger partial charge in [0.1, 0.15) is 10.3 Å². The van der Waals surface area contributed by atoms with Crippen LogP contribution in [0.5, 0.6) is 0 Å². The van der Waals surface area contributed by atoms with Crippen molar-refractivity contribution in [2.45, 2.75) is 33.4 Å². The van der Waals surface area contributed by atoms with Crippen LogP contribution >= 0.6 is 39.1 Å². The summed E-state index contributed by atoms with van der Waals surface area (Å²) in [6, 6.07) is 8.56. The Kier molecular flexibility index (Phi) is 7.57. The van der Waals surface area contributed by atoms with Crippen molar-refractivity contribution in [1.82, 2.24) is 20.1 Å². The summed E-state index contributed by atoms with van der Waals surface area (Å²) in [6.45, 7) is 6.93. The van der Waals surface area contributed by atoms with Gasteiger partial charge in [-0.25, -0.2) is 9.67 Å². The van der Waals surface area contributed by atoms with Gasteiger partial charge in [-0.2, -0.15) is 5.10 Å². The minimum absolute atomic E-state index is 0.232. The van der Waals surface area contributed by atoms with Gasteiger partial charge in [-0.3, -0.25) is 10.1 Å². The number of halogens is 3. The summed E-state index contributed by atoms with van der Waals surface area (Å²) in [7, 11) is 0. The van der Waals surface area contributed by atoms with Gasteiger partial charge in [-0.1, -0.05) is 42.2 Å². The molecule has 11 heteroatoms. The van der Waals surface area contributed by atoms with Gasteiger partial charge in [0, 0.05) is 35.8 Å². The number of carbonyl (C=O) groups excluding carboxylic acids is 1. The number of oxime groups is 1. The zero-order valence-corrected chi connectivity index (χ0v) is 21.9. The highest BCUT2D eigenvalue weighted by Gasteiger charge is 2.26. The van der Waals surface area contributed by atoms with Gasteiger partial charge in [0.25, 0.3) is 5.91 Å². The van der Waals surface area contributed by atoms with Crippen molar-refractivity contribution in [2.24, 2.45) is 11.1 Å². The van der Waals surface area contributed by atoms with Gasteiger partial charge < -0.3 is 10.2 Å². The van der Waals surface area contributed by atoms with Crippen LogP contribution < -0.4 is 10.6 Å². The van der Waals surface area contributed by atoms with Crippen LogP contribution in [-0.2, 0) is 4.84 Å². The number of aryl methyl sites for hydroxylation is 1. The largest absolute Gasteiger partial charge is 0.376 e. The molecule has 3 heterocycles. The molecule has 0 radical (unpaired) electrons. The molecule has 1 unspecified atom stereocenters. The molecule has 3 aromatic rings. The number of carbonyl (C=O) groups is 1. The number of anilines is 1. The quantitative estimate of drug-likeness (QED) is 0.389. The SMILES string of the molecule is Cc1cc(Cl)cc(C2=NOC(NCC(C)C)C2)c1NC(=O)c1cc(Br)nn1-c1ncccc1Cl. The van der Waals surface area contributed by atoms with Crippen LogP contribution in [0.1, 0.15) is 41.9 Å². The molecule has 1 aliphatic heterocycles. The van der Waals surface area contributed by atoms with Crippen LogP contribution in [0.4, 0.5) is 5.69 Å². The molecule has 0 spiro atoms. The third-order valence-electron chi connectivity index (χ3n) is 5.12. The lowest BCUT2D eigenvalue weighted by Crippen LogP contribution is -2.32. The minimum atomic E-state index is -0.388. The molecule has 178 valence electrons. The van der Waals surface area contributed by atoms with Crippen molar-refractivity contribution in [3.05, 3.63) is 68.0 Å². The van der Waals surface area contributed by atoms with E-state index < -0.39 is 0 Å². The van der Waals surface area contributed by atoms with E-state index in [9.17, 15) is 4.79 Å². The Bertz CT molecular complexity index is 1260. The first kappa shape index (κ1) is 24.7. The highest BCUT2D eigenvalue weighted by Crippen LogP contribution is 2.30. The molecular weight excluding hydrogens is 543 g/mol. The molecule has 1 aromatic carbocycles. The molecule has 1 atom stereocenters. The second kappa shape index (κ2) is 10.4. The molecule has 2 aromatic heterocycles. The van der Waals surface area contributed by atoms with Gasteiger partial charge in [-0.05, 0) is 58.6 Å². The Hall–Kier alpha value is -2.46. The van der Waals surface area contributed by atoms with Crippen LogP contribution in [0.15, 0.2) is 46.3 Å². The number of pyridine rings is 1. The highest BCUT2D eigenvalue weighted by molar-refractivity contribution is 9.10. The summed E-state index contributed by atoms with van der Waals surface area (Å²) in [5.41, 5.74) is 3.04. The number of rotatable bonds is 7. The van der Waals surface area contributed by atoms with E-state index in [-0.39, 0.29) is 17.8 Å². The highest BCUT2D eigenvalue weighted by atomic mass is 79.9. The fraction of sp³-hybridized carbons (Fsp3) is 0.304. The van der Waals surface area contributed by atoms with Gasteiger partial charge in [0.15, 0.2) is 12.0 Å². The van der Waals surface area contributed by atoms with Crippen LogP contribution in [0.25, 0.3) is 5.82 Å². The smallest absolute Gasteiger partial charge is 0.274 e. The number of hydrogen-bond acceptors (Lipinski definition) is 6. The summed E-state index contributed by atoms with van der Waals surface area (Å²) < 4.78 is 1.87. The van der Waals surface area contributed by atoms with E-state index in [0.29, 0.717) is 49.8 Å². The zero-order chi connectivity index (χ0) is 24.4. The monoisotopic (exact) mass is 564 g/mol. The molecule has 0 aliphatic carbocycles. The van der Waals surface area contributed by atoms with Crippen molar-refractivity contribution >= 4 is 56.4 Å². The number of benzene rings is 1. The van der Waals surface area contributed by atoms with E-state index in [0.717, 1.165) is 12.1 Å². The van der Waals surface area contributed by atoms with Gasteiger partial charge in [0.2, 0.25) is 0 Å². The predicted molar refractivity (Wildman–Crippen MR) is 137 cm³/mol. The molecule has 0 saturated carbocycles. The normalized spacial score (nSPS) is 15.4. The van der Waals surface area contributed by atoms with Crippen LogP contribution in [0.3, 0.4) is 0 Å².